The molecule has 1 aromatic rings. The van der Waals surface area contributed by atoms with Crippen LogP contribution in [0.25, 0.3) is 0 Å². The molecule has 13 nitrogen and oxygen atoms in total. The number of piperidine rings is 1. The number of amides is 2. The third-order valence-corrected chi connectivity index (χ3v) is 9.98. The number of anilines is 1. The van der Waals surface area contributed by atoms with Gasteiger partial charge in [0.1, 0.15) is 5.60 Å². The number of ether oxygens (including phenoxy) is 3. The van der Waals surface area contributed by atoms with E-state index in [1.54, 1.807) is 4.90 Å². The lowest BCUT2D eigenvalue weighted by molar-refractivity contribution is -0.120. The molecule has 0 N–H and O–H groups in total. The predicted octanol–water partition coefficient (Wildman–Crippen LogP) is 0.957. The van der Waals surface area contributed by atoms with Crippen molar-refractivity contribution in [1.82, 2.24) is 24.1 Å². The summed E-state index contributed by atoms with van der Waals surface area (Å²) in [6, 6.07) is 0. The topological polar surface area (TPSA) is 135 Å². The first-order valence-electron chi connectivity index (χ1n) is 14.2. The number of nitrogens with zero attached hydrogens (tertiary/aromatic N) is 6. The molecule has 0 atom stereocenters. The van der Waals surface area contributed by atoms with Crippen LogP contribution in [-0.2, 0) is 24.3 Å². The van der Waals surface area contributed by atoms with Crippen LogP contribution in [-0.4, -0.2) is 128 Å². The first-order valence-corrected chi connectivity index (χ1v) is 15.8. The highest BCUT2D eigenvalue weighted by Gasteiger charge is 2.43. The van der Waals surface area contributed by atoms with Gasteiger partial charge in [-0.05, 0) is 51.5 Å². The van der Waals surface area contributed by atoms with E-state index in [9.17, 15) is 18.0 Å². The van der Waals surface area contributed by atoms with Crippen LogP contribution >= 0.6 is 0 Å². The Morgan fingerprint density at radius 2 is 1.82 bits per heavy atom. The Labute approximate surface area is 235 Å². The Balaban J connectivity index is 1.02. The summed E-state index contributed by atoms with van der Waals surface area (Å²) in [6.45, 7) is 7.65. The second-order valence-electron chi connectivity index (χ2n) is 11.3. The minimum atomic E-state index is -3.52. The first-order chi connectivity index (χ1) is 19.2. The maximum absolute atomic E-state index is 12.8. The van der Waals surface area contributed by atoms with Crippen molar-refractivity contribution >= 4 is 27.8 Å². The van der Waals surface area contributed by atoms with Crippen molar-refractivity contribution in [2.24, 2.45) is 5.92 Å². The second kappa shape index (κ2) is 12.5. The summed E-state index contributed by atoms with van der Waals surface area (Å²) in [7, 11) is -3.52. The third kappa shape index (κ3) is 7.59. The van der Waals surface area contributed by atoms with Crippen molar-refractivity contribution in [3.8, 4) is 5.88 Å². The van der Waals surface area contributed by atoms with E-state index in [1.807, 2.05) is 6.92 Å². The fourth-order valence-electron chi connectivity index (χ4n) is 5.12. The molecule has 1 aliphatic carbocycles. The molecule has 5 rings (SSSR count). The molecular weight excluding hydrogens is 540 g/mol. The van der Waals surface area contributed by atoms with Gasteiger partial charge < -0.3 is 19.1 Å². The Hall–Kier alpha value is -2.55. The van der Waals surface area contributed by atoms with Crippen molar-refractivity contribution in [3.63, 3.8) is 0 Å². The number of sulfonamides is 1. The van der Waals surface area contributed by atoms with Crippen molar-refractivity contribution in [1.29, 1.82) is 0 Å². The highest BCUT2D eigenvalue weighted by Crippen LogP contribution is 2.39. The largest absolute Gasteiger partial charge is 0.476 e. The number of carbonyl (C=O) groups excluding carboxylic acids is 2. The van der Waals surface area contributed by atoms with E-state index >= 15 is 0 Å². The zero-order valence-electron chi connectivity index (χ0n) is 23.2. The molecule has 1 saturated carbocycles. The fraction of sp³-hybridized carbons (Fsp3) is 0.769. The molecule has 0 bridgehead atoms. The van der Waals surface area contributed by atoms with Crippen LogP contribution in [0.4, 0.5) is 10.6 Å². The summed E-state index contributed by atoms with van der Waals surface area (Å²) in [6.07, 6.45) is 6.79. The smallest absolute Gasteiger partial charge is 0.410 e. The highest BCUT2D eigenvalue weighted by molar-refractivity contribution is 7.89. The summed E-state index contributed by atoms with van der Waals surface area (Å²) in [4.78, 5) is 39.2. The molecule has 1 aromatic heterocycles. The quantitative estimate of drug-likeness (QED) is 0.394. The standard InChI is InChI=1S/C26H40N6O7S/c1-26(5-6-26)39-25(34)30-8-3-21(4-9-30)20-38-23-18-27-22(17-28-23)32-11-10-31(19-24(32)33)40(35,36)16-2-7-29-12-14-37-15-13-29/h17-18,21H,2-16,19-20H2,1H3. The molecule has 2 amide bonds. The number of hydrogen-bond acceptors (Lipinski definition) is 10. The van der Waals surface area contributed by atoms with Crippen molar-refractivity contribution in [3.05, 3.63) is 12.4 Å². The molecule has 3 aliphatic heterocycles. The Kier molecular flexibility index (Phi) is 9.08. The second-order valence-corrected chi connectivity index (χ2v) is 13.4. The van der Waals surface area contributed by atoms with Crippen LogP contribution in [0.2, 0.25) is 0 Å². The van der Waals surface area contributed by atoms with E-state index in [-0.39, 0.29) is 43.0 Å². The van der Waals surface area contributed by atoms with Gasteiger partial charge in [-0.25, -0.2) is 23.2 Å². The maximum Gasteiger partial charge on any atom is 0.410 e. The predicted molar refractivity (Wildman–Crippen MR) is 146 cm³/mol. The van der Waals surface area contributed by atoms with Crippen LogP contribution in [0.3, 0.4) is 0 Å². The van der Waals surface area contributed by atoms with E-state index in [0.717, 1.165) is 38.8 Å². The zero-order valence-corrected chi connectivity index (χ0v) is 24.0. The van der Waals surface area contributed by atoms with Gasteiger partial charge in [-0.3, -0.25) is 14.6 Å². The van der Waals surface area contributed by atoms with Crippen LogP contribution in [0.1, 0.15) is 39.0 Å². The van der Waals surface area contributed by atoms with Gasteiger partial charge in [0, 0.05) is 39.3 Å². The van der Waals surface area contributed by atoms with Gasteiger partial charge in [0.15, 0.2) is 5.82 Å². The SMILES string of the molecule is CC1(OC(=O)N2CCC(COc3cnc(N4CCN(S(=O)(=O)CCCN5CCOCC5)CC4=O)cn3)CC2)CC1. The summed E-state index contributed by atoms with van der Waals surface area (Å²) >= 11 is 0. The Morgan fingerprint density at radius 3 is 2.48 bits per heavy atom. The number of aromatic nitrogens is 2. The molecule has 222 valence electrons. The fourth-order valence-corrected chi connectivity index (χ4v) is 6.54. The normalized spacial score (nSPS) is 22.8. The van der Waals surface area contributed by atoms with E-state index < -0.39 is 10.0 Å². The van der Waals surface area contributed by atoms with Crippen LogP contribution in [0.15, 0.2) is 12.4 Å². The van der Waals surface area contributed by atoms with Crippen LogP contribution in [0, 0.1) is 5.92 Å². The van der Waals surface area contributed by atoms with Gasteiger partial charge in [-0.15, -0.1) is 0 Å². The average molecular weight is 581 g/mol. The number of hydrogen-bond donors (Lipinski definition) is 0. The lowest BCUT2D eigenvalue weighted by Gasteiger charge is -2.33. The van der Waals surface area contributed by atoms with E-state index in [0.29, 0.717) is 63.5 Å². The molecule has 40 heavy (non-hydrogen) atoms. The molecule has 4 heterocycles. The van der Waals surface area contributed by atoms with Crippen LogP contribution < -0.4 is 9.64 Å². The molecule has 0 spiro atoms. The summed E-state index contributed by atoms with van der Waals surface area (Å²) in [5, 5.41) is 0. The van der Waals surface area contributed by atoms with Crippen molar-refractivity contribution in [2.45, 2.75) is 44.6 Å². The van der Waals surface area contributed by atoms with Gasteiger partial charge in [-0.1, -0.05) is 0 Å². The van der Waals surface area contributed by atoms with Crippen molar-refractivity contribution in [2.75, 3.05) is 82.8 Å². The van der Waals surface area contributed by atoms with Gasteiger partial charge >= 0.3 is 6.09 Å². The zero-order chi connectivity index (χ0) is 28.2. The summed E-state index contributed by atoms with van der Waals surface area (Å²) in [5.41, 5.74) is -0.263. The molecule has 4 fully saturated rings. The summed E-state index contributed by atoms with van der Waals surface area (Å²) in [5.74, 6) is 0.727. The monoisotopic (exact) mass is 580 g/mol. The number of piperazine rings is 1. The number of carbonyl (C=O) groups is 2. The van der Waals surface area contributed by atoms with Crippen molar-refractivity contribution < 1.29 is 32.2 Å². The van der Waals surface area contributed by atoms with E-state index in [1.165, 1.54) is 21.6 Å². The van der Waals surface area contributed by atoms with E-state index in [4.69, 9.17) is 14.2 Å². The lowest BCUT2D eigenvalue weighted by atomic mass is 9.98. The first kappa shape index (κ1) is 29.0. The lowest BCUT2D eigenvalue weighted by Crippen LogP contribution is -2.53. The average Bonchev–Trinajstić information content (AvgIpc) is 3.69. The summed E-state index contributed by atoms with van der Waals surface area (Å²) < 4.78 is 43.6. The van der Waals surface area contributed by atoms with Gasteiger partial charge in [-0.2, -0.15) is 4.31 Å². The highest BCUT2D eigenvalue weighted by atomic mass is 32.2. The molecule has 0 unspecified atom stereocenters. The van der Waals surface area contributed by atoms with E-state index in [2.05, 4.69) is 14.9 Å². The van der Waals surface area contributed by atoms with Gasteiger partial charge in [0.25, 0.3) is 0 Å². The minimum absolute atomic E-state index is 0.0199. The number of rotatable bonds is 10. The van der Waals surface area contributed by atoms with Crippen LogP contribution in [0.5, 0.6) is 5.88 Å². The molecule has 3 saturated heterocycles. The maximum atomic E-state index is 12.8. The molecule has 0 radical (unpaired) electrons. The third-order valence-electron chi connectivity index (χ3n) is 8.08. The molecule has 14 heteroatoms. The minimum Gasteiger partial charge on any atom is -0.476 e. The molecule has 0 aromatic carbocycles. The van der Waals surface area contributed by atoms with Gasteiger partial charge in [0.05, 0.1) is 44.5 Å². The molecule has 4 aliphatic rings. The number of likely N-dealkylation sites (tertiary alicyclic amines) is 1. The number of morpholine rings is 1. The Bertz CT molecular complexity index is 1130. The molecular formula is C26H40N6O7S. The van der Waals surface area contributed by atoms with Gasteiger partial charge in [0.2, 0.25) is 21.8 Å². The Morgan fingerprint density at radius 1 is 1.07 bits per heavy atom.